The lowest BCUT2D eigenvalue weighted by Gasteiger charge is -2.29. The molecule has 0 saturated heterocycles. The van der Waals surface area contributed by atoms with E-state index in [9.17, 15) is 9.50 Å². The molecule has 0 radical (unpaired) electrons. The molecule has 1 aromatic rings. The smallest absolute Gasteiger partial charge is 0.148 e. The number of aliphatic hydroxyl groups excluding tert-OH is 1. The van der Waals surface area contributed by atoms with Crippen molar-refractivity contribution in [1.29, 1.82) is 0 Å². The number of anilines is 2. The van der Waals surface area contributed by atoms with Crippen LogP contribution in [0, 0.1) is 5.82 Å². The molecule has 0 unspecified atom stereocenters. The maximum absolute atomic E-state index is 13.8. The molecule has 18 heavy (non-hydrogen) atoms. The summed E-state index contributed by atoms with van der Waals surface area (Å²) in [6.07, 6.45) is 3.77. The number of aliphatic hydroxyl groups is 1. The van der Waals surface area contributed by atoms with Crippen LogP contribution in [0.2, 0.25) is 0 Å². The average Bonchev–Trinajstić information content (AvgIpc) is 2.82. The van der Waals surface area contributed by atoms with Crippen molar-refractivity contribution in [2.45, 2.75) is 31.2 Å². The van der Waals surface area contributed by atoms with Gasteiger partial charge in [0, 0.05) is 12.1 Å². The first-order chi connectivity index (χ1) is 8.60. The number of nitrogens with two attached hydrogens (primary N) is 1. The zero-order valence-corrected chi connectivity index (χ0v) is 10.5. The lowest BCUT2D eigenvalue weighted by molar-refractivity contribution is 0.213. The maximum Gasteiger partial charge on any atom is 0.148 e. The summed E-state index contributed by atoms with van der Waals surface area (Å²) < 4.78 is 18.9. The van der Waals surface area contributed by atoms with Crippen LogP contribution in [-0.2, 0) is 0 Å². The highest BCUT2D eigenvalue weighted by molar-refractivity contribution is 5.63. The molecule has 0 spiro atoms. The van der Waals surface area contributed by atoms with Crippen molar-refractivity contribution in [3.8, 4) is 5.75 Å². The molecule has 0 heterocycles. The first-order valence-corrected chi connectivity index (χ1v) is 6.12. The zero-order chi connectivity index (χ0) is 13.2. The molecule has 0 aromatic heterocycles. The highest BCUT2D eigenvalue weighted by Gasteiger charge is 2.33. The van der Waals surface area contributed by atoms with E-state index < -0.39 is 11.4 Å². The van der Waals surface area contributed by atoms with Crippen molar-refractivity contribution in [3.05, 3.63) is 17.9 Å². The fourth-order valence-electron chi connectivity index (χ4n) is 2.50. The molecule has 4 N–H and O–H groups in total. The lowest BCUT2D eigenvalue weighted by atomic mass is 9.98. The Morgan fingerprint density at radius 3 is 2.67 bits per heavy atom. The third-order valence-corrected chi connectivity index (χ3v) is 3.58. The van der Waals surface area contributed by atoms with Gasteiger partial charge in [-0.05, 0) is 12.8 Å². The Bertz CT molecular complexity index is 431. The monoisotopic (exact) mass is 254 g/mol. The van der Waals surface area contributed by atoms with Crippen molar-refractivity contribution in [1.82, 2.24) is 0 Å². The number of hydrogen-bond acceptors (Lipinski definition) is 4. The van der Waals surface area contributed by atoms with Gasteiger partial charge in [-0.2, -0.15) is 0 Å². The molecule has 1 aromatic carbocycles. The van der Waals surface area contributed by atoms with Crippen molar-refractivity contribution >= 4 is 11.4 Å². The molecular weight excluding hydrogens is 235 g/mol. The molecule has 0 bridgehead atoms. The van der Waals surface area contributed by atoms with Crippen LogP contribution in [0.4, 0.5) is 15.8 Å². The predicted molar refractivity (Wildman–Crippen MR) is 69.3 cm³/mol. The second kappa shape index (κ2) is 5.02. The topological polar surface area (TPSA) is 67.5 Å². The highest BCUT2D eigenvalue weighted by Crippen LogP contribution is 2.36. The summed E-state index contributed by atoms with van der Waals surface area (Å²) in [5.74, 6) is 0.0120. The van der Waals surface area contributed by atoms with Crippen LogP contribution in [0.3, 0.4) is 0 Å². The SMILES string of the molecule is COc1cc(NC2(CO)CCCC2)c(F)cc1N. The Balaban J connectivity index is 2.27. The van der Waals surface area contributed by atoms with Gasteiger partial charge in [0.15, 0.2) is 0 Å². The number of ether oxygens (including phenoxy) is 1. The largest absolute Gasteiger partial charge is 0.495 e. The lowest BCUT2D eigenvalue weighted by Crippen LogP contribution is -2.39. The summed E-state index contributed by atoms with van der Waals surface area (Å²) >= 11 is 0. The van der Waals surface area contributed by atoms with Crippen LogP contribution in [0.25, 0.3) is 0 Å². The van der Waals surface area contributed by atoms with Gasteiger partial charge in [-0.3, -0.25) is 0 Å². The standard InChI is InChI=1S/C13H19FN2O2/c1-18-12-7-11(9(14)6-10(12)15)16-13(8-17)4-2-3-5-13/h6-7,16-17H,2-5,8,15H2,1H3. The molecule has 4 nitrogen and oxygen atoms in total. The van der Waals surface area contributed by atoms with Crippen molar-refractivity contribution in [2.75, 3.05) is 24.8 Å². The molecule has 2 rings (SSSR count). The molecule has 1 saturated carbocycles. The number of nitrogens with one attached hydrogen (secondary N) is 1. The molecule has 0 aliphatic heterocycles. The fourth-order valence-corrected chi connectivity index (χ4v) is 2.50. The third-order valence-electron chi connectivity index (χ3n) is 3.58. The first-order valence-electron chi connectivity index (χ1n) is 6.12. The number of nitrogen functional groups attached to an aromatic ring is 1. The summed E-state index contributed by atoms with van der Waals surface area (Å²) in [6, 6.07) is 2.78. The summed E-state index contributed by atoms with van der Waals surface area (Å²) in [5.41, 5.74) is 5.82. The number of rotatable bonds is 4. The number of methoxy groups -OCH3 is 1. The Morgan fingerprint density at radius 2 is 2.11 bits per heavy atom. The van der Waals surface area contributed by atoms with E-state index in [4.69, 9.17) is 10.5 Å². The van der Waals surface area contributed by atoms with Gasteiger partial charge in [0.2, 0.25) is 0 Å². The molecule has 1 aliphatic carbocycles. The number of hydrogen-bond donors (Lipinski definition) is 3. The molecule has 100 valence electrons. The minimum absolute atomic E-state index is 0.000861. The minimum Gasteiger partial charge on any atom is -0.495 e. The highest BCUT2D eigenvalue weighted by atomic mass is 19.1. The molecule has 0 atom stereocenters. The summed E-state index contributed by atoms with van der Waals surface area (Å²) in [7, 11) is 1.49. The Kier molecular flexibility index (Phi) is 3.61. The van der Waals surface area contributed by atoms with Crippen LogP contribution in [0.5, 0.6) is 5.75 Å². The first kappa shape index (κ1) is 13.0. The van der Waals surface area contributed by atoms with Gasteiger partial charge in [0.05, 0.1) is 30.6 Å². The van der Waals surface area contributed by atoms with E-state index in [1.165, 1.54) is 13.2 Å². The van der Waals surface area contributed by atoms with Crippen LogP contribution in [0.15, 0.2) is 12.1 Å². The van der Waals surface area contributed by atoms with Crippen LogP contribution in [0.1, 0.15) is 25.7 Å². The quantitative estimate of drug-likeness (QED) is 0.720. The van der Waals surface area contributed by atoms with E-state index in [0.717, 1.165) is 25.7 Å². The van der Waals surface area contributed by atoms with E-state index >= 15 is 0 Å². The Labute approximate surface area is 106 Å². The molecular formula is C13H19FN2O2. The zero-order valence-electron chi connectivity index (χ0n) is 10.5. The van der Waals surface area contributed by atoms with E-state index in [0.29, 0.717) is 11.4 Å². The van der Waals surface area contributed by atoms with Crippen molar-refractivity contribution in [3.63, 3.8) is 0 Å². The second-order valence-corrected chi connectivity index (χ2v) is 4.84. The van der Waals surface area contributed by atoms with Gasteiger partial charge in [-0.25, -0.2) is 4.39 Å². The molecule has 0 amide bonds. The van der Waals surface area contributed by atoms with E-state index in [-0.39, 0.29) is 12.3 Å². The molecule has 1 fully saturated rings. The van der Waals surface area contributed by atoms with Gasteiger partial charge in [0.1, 0.15) is 11.6 Å². The van der Waals surface area contributed by atoms with Crippen molar-refractivity contribution in [2.24, 2.45) is 0 Å². The maximum atomic E-state index is 13.8. The summed E-state index contributed by atoms with van der Waals surface area (Å²) in [4.78, 5) is 0. The summed E-state index contributed by atoms with van der Waals surface area (Å²) in [6.45, 7) is -0.000861. The number of benzene rings is 1. The van der Waals surface area contributed by atoms with Gasteiger partial charge < -0.3 is 20.9 Å². The third kappa shape index (κ3) is 2.36. The van der Waals surface area contributed by atoms with E-state index in [1.54, 1.807) is 6.07 Å². The molecule has 5 heteroatoms. The van der Waals surface area contributed by atoms with E-state index in [1.807, 2.05) is 0 Å². The Hall–Kier alpha value is -1.49. The normalized spacial score (nSPS) is 17.7. The Morgan fingerprint density at radius 1 is 1.44 bits per heavy atom. The van der Waals surface area contributed by atoms with Crippen LogP contribution >= 0.6 is 0 Å². The summed E-state index contributed by atoms with van der Waals surface area (Å²) in [5, 5.41) is 12.6. The van der Waals surface area contributed by atoms with Crippen molar-refractivity contribution < 1.29 is 14.2 Å². The van der Waals surface area contributed by atoms with E-state index in [2.05, 4.69) is 5.32 Å². The average molecular weight is 254 g/mol. The predicted octanol–water partition coefficient (Wildman–Crippen LogP) is 2.13. The van der Waals surface area contributed by atoms with Gasteiger partial charge in [0.25, 0.3) is 0 Å². The van der Waals surface area contributed by atoms with Gasteiger partial charge >= 0.3 is 0 Å². The van der Waals surface area contributed by atoms with Crippen LogP contribution < -0.4 is 15.8 Å². The fraction of sp³-hybridized carbons (Fsp3) is 0.538. The number of halogens is 1. The second-order valence-electron chi connectivity index (χ2n) is 4.84. The van der Waals surface area contributed by atoms with Crippen LogP contribution in [-0.4, -0.2) is 24.4 Å². The minimum atomic E-state index is -0.423. The van der Waals surface area contributed by atoms with Gasteiger partial charge in [-0.15, -0.1) is 0 Å². The molecule has 1 aliphatic rings. The van der Waals surface area contributed by atoms with Gasteiger partial charge in [-0.1, -0.05) is 12.8 Å².